The van der Waals surface area contributed by atoms with Crippen LogP contribution in [-0.2, 0) is 9.59 Å². The van der Waals surface area contributed by atoms with Gasteiger partial charge in [-0.1, -0.05) is 37.5 Å². The van der Waals surface area contributed by atoms with Crippen LogP contribution < -0.4 is 10.6 Å². The van der Waals surface area contributed by atoms with Crippen molar-refractivity contribution in [3.63, 3.8) is 0 Å². The van der Waals surface area contributed by atoms with Crippen LogP contribution in [-0.4, -0.2) is 29.1 Å². The van der Waals surface area contributed by atoms with E-state index in [1.54, 1.807) is 6.07 Å². The lowest BCUT2D eigenvalue weighted by atomic mass is 9.84. The fourth-order valence-electron chi connectivity index (χ4n) is 3.41. The number of nitrogens with one attached hydrogen (secondary N) is 2. The van der Waals surface area contributed by atoms with Gasteiger partial charge in [0.2, 0.25) is 11.8 Å². The molecule has 0 spiro atoms. The molecule has 0 radical (unpaired) electrons. The lowest BCUT2D eigenvalue weighted by Crippen LogP contribution is -2.46. The van der Waals surface area contributed by atoms with Crippen molar-refractivity contribution in [1.29, 1.82) is 0 Å². The SMILES string of the molecule is O=C1CC(C(=O)NCC2(O)CCCCC2)c2ccccc2N1. The first-order valence-electron chi connectivity index (χ1n) is 7.96. The van der Waals surface area contributed by atoms with Crippen LogP contribution in [0.4, 0.5) is 5.69 Å². The molecule has 2 aliphatic rings. The van der Waals surface area contributed by atoms with Crippen molar-refractivity contribution < 1.29 is 14.7 Å². The number of carbonyl (C=O) groups excluding carboxylic acids is 2. The molecule has 1 saturated carbocycles. The van der Waals surface area contributed by atoms with Crippen LogP contribution in [0.3, 0.4) is 0 Å². The number of rotatable bonds is 3. The summed E-state index contributed by atoms with van der Waals surface area (Å²) < 4.78 is 0. The van der Waals surface area contributed by atoms with Gasteiger partial charge >= 0.3 is 0 Å². The third-order valence-corrected chi connectivity index (χ3v) is 4.69. The number of amides is 2. The number of aliphatic hydroxyl groups is 1. The highest BCUT2D eigenvalue weighted by Crippen LogP contribution is 2.32. The van der Waals surface area contributed by atoms with Gasteiger partial charge in [-0.05, 0) is 24.5 Å². The Morgan fingerprint density at radius 2 is 2.00 bits per heavy atom. The zero-order valence-electron chi connectivity index (χ0n) is 12.6. The molecule has 2 amide bonds. The normalized spacial score (nSPS) is 23.3. The molecule has 5 nitrogen and oxygen atoms in total. The summed E-state index contributed by atoms with van der Waals surface area (Å²) in [4.78, 5) is 24.3. The summed E-state index contributed by atoms with van der Waals surface area (Å²) in [5, 5.41) is 16.1. The Hall–Kier alpha value is -1.88. The van der Waals surface area contributed by atoms with Crippen LogP contribution in [0, 0.1) is 0 Å². The second-order valence-corrected chi connectivity index (χ2v) is 6.39. The topological polar surface area (TPSA) is 78.4 Å². The van der Waals surface area contributed by atoms with Crippen molar-refractivity contribution in [1.82, 2.24) is 5.32 Å². The number of fused-ring (bicyclic) bond motifs is 1. The van der Waals surface area contributed by atoms with Crippen molar-refractivity contribution in [2.75, 3.05) is 11.9 Å². The quantitative estimate of drug-likeness (QED) is 0.798. The summed E-state index contributed by atoms with van der Waals surface area (Å²) in [7, 11) is 0. The molecule has 1 atom stereocenters. The van der Waals surface area contributed by atoms with E-state index >= 15 is 0 Å². The van der Waals surface area contributed by atoms with Crippen molar-refractivity contribution in [2.24, 2.45) is 0 Å². The molecule has 5 heteroatoms. The molecular formula is C17H22N2O3. The Balaban J connectivity index is 1.68. The summed E-state index contributed by atoms with van der Waals surface area (Å²) >= 11 is 0. The third kappa shape index (κ3) is 3.14. The van der Waals surface area contributed by atoms with Crippen LogP contribution in [0.2, 0.25) is 0 Å². The van der Waals surface area contributed by atoms with Gasteiger partial charge in [0.05, 0.1) is 11.5 Å². The number of hydrogen-bond acceptors (Lipinski definition) is 3. The van der Waals surface area contributed by atoms with Crippen molar-refractivity contribution in [3.8, 4) is 0 Å². The maximum absolute atomic E-state index is 12.5. The summed E-state index contributed by atoms with van der Waals surface area (Å²) in [6.07, 6.45) is 4.76. The minimum absolute atomic E-state index is 0.143. The van der Waals surface area contributed by atoms with E-state index in [-0.39, 0.29) is 24.8 Å². The van der Waals surface area contributed by atoms with E-state index in [4.69, 9.17) is 0 Å². The summed E-state index contributed by atoms with van der Waals surface area (Å²) in [6.45, 7) is 0.270. The minimum Gasteiger partial charge on any atom is -0.388 e. The molecule has 1 aliphatic carbocycles. The zero-order valence-corrected chi connectivity index (χ0v) is 12.6. The maximum atomic E-state index is 12.5. The van der Waals surface area contributed by atoms with E-state index in [0.29, 0.717) is 5.69 Å². The molecule has 22 heavy (non-hydrogen) atoms. The van der Waals surface area contributed by atoms with E-state index in [1.165, 1.54) is 0 Å². The average molecular weight is 302 g/mol. The molecule has 1 heterocycles. The van der Waals surface area contributed by atoms with E-state index < -0.39 is 11.5 Å². The number of benzene rings is 1. The lowest BCUT2D eigenvalue weighted by molar-refractivity contribution is -0.127. The van der Waals surface area contributed by atoms with Crippen LogP contribution in [0.15, 0.2) is 24.3 Å². The van der Waals surface area contributed by atoms with Gasteiger partial charge < -0.3 is 15.7 Å². The van der Waals surface area contributed by atoms with E-state index in [0.717, 1.165) is 37.7 Å². The molecule has 3 N–H and O–H groups in total. The molecular weight excluding hydrogens is 280 g/mol. The van der Waals surface area contributed by atoms with Crippen LogP contribution in [0.1, 0.15) is 50.0 Å². The summed E-state index contributed by atoms with van der Waals surface area (Å²) in [6, 6.07) is 7.38. The van der Waals surface area contributed by atoms with Gasteiger partial charge in [-0.3, -0.25) is 9.59 Å². The Labute approximate surface area is 130 Å². The number of carbonyl (C=O) groups is 2. The zero-order chi connectivity index (χ0) is 15.6. The van der Waals surface area contributed by atoms with Gasteiger partial charge in [-0.25, -0.2) is 0 Å². The minimum atomic E-state index is -0.787. The first-order chi connectivity index (χ1) is 10.6. The molecule has 1 aromatic rings. The number of para-hydroxylation sites is 1. The van der Waals surface area contributed by atoms with E-state index in [2.05, 4.69) is 10.6 Å². The molecule has 118 valence electrons. The predicted octanol–water partition coefficient (Wildman–Crippen LogP) is 1.92. The molecule has 1 fully saturated rings. The summed E-state index contributed by atoms with van der Waals surface area (Å²) in [5.74, 6) is -0.798. The molecule has 1 aromatic carbocycles. The fraction of sp³-hybridized carbons (Fsp3) is 0.529. The molecule has 0 aromatic heterocycles. The molecule has 1 aliphatic heterocycles. The van der Waals surface area contributed by atoms with Gasteiger partial charge in [0.25, 0.3) is 0 Å². The second kappa shape index (κ2) is 6.08. The molecule has 3 rings (SSSR count). The smallest absolute Gasteiger partial charge is 0.228 e. The fourth-order valence-corrected chi connectivity index (χ4v) is 3.41. The lowest BCUT2D eigenvalue weighted by Gasteiger charge is -2.33. The standard InChI is InChI=1S/C17H22N2O3/c20-15-10-13(12-6-2-3-7-14(12)19-15)16(21)18-11-17(22)8-4-1-5-9-17/h2-3,6-7,13,22H,1,4-5,8-11H2,(H,18,21)(H,19,20). The van der Waals surface area contributed by atoms with E-state index in [1.807, 2.05) is 18.2 Å². The number of anilines is 1. The molecule has 0 saturated heterocycles. The van der Waals surface area contributed by atoms with Crippen molar-refractivity contribution in [3.05, 3.63) is 29.8 Å². The average Bonchev–Trinajstić information content (AvgIpc) is 2.52. The largest absolute Gasteiger partial charge is 0.388 e. The maximum Gasteiger partial charge on any atom is 0.228 e. The Bertz CT molecular complexity index is 579. The first-order valence-corrected chi connectivity index (χ1v) is 7.96. The van der Waals surface area contributed by atoms with Crippen LogP contribution in [0.5, 0.6) is 0 Å². The first kappa shape index (κ1) is 15.0. The second-order valence-electron chi connectivity index (χ2n) is 6.39. The van der Waals surface area contributed by atoms with Gasteiger partial charge in [0.1, 0.15) is 0 Å². The third-order valence-electron chi connectivity index (χ3n) is 4.69. The van der Waals surface area contributed by atoms with Crippen molar-refractivity contribution >= 4 is 17.5 Å². The van der Waals surface area contributed by atoms with E-state index in [9.17, 15) is 14.7 Å². The highest BCUT2D eigenvalue weighted by Gasteiger charge is 2.33. The van der Waals surface area contributed by atoms with Crippen LogP contribution >= 0.6 is 0 Å². The predicted molar refractivity (Wildman–Crippen MR) is 83.5 cm³/mol. The molecule has 0 bridgehead atoms. The van der Waals surface area contributed by atoms with Gasteiger partial charge in [-0.2, -0.15) is 0 Å². The molecule has 1 unspecified atom stereocenters. The summed E-state index contributed by atoms with van der Waals surface area (Å²) in [5.41, 5.74) is 0.759. The van der Waals surface area contributed by atoms with Crippen LogP contribution in [0.25, 0.3) is 0 Å². The highest BCUT2D eigenvalue weighted by atomic mass is 16.3. The highest BCUT2D eigenvalue weighted by molar-refractivity contribution is 6.01. The monoisotopic (exact) mass is 302 g/mol. The van der Waals surface area contributed by atoms with Crippen molar-refractivity contribution in [2.45, 2.75) is 50.0 Å². The van der Waals surface area contributed by atoms with Gasteiger partial charge in [0.15, 0.2) is 0 Å². The Morgan fingerprint density at radius 1 is 1.27 bits per heavy atom. The Morgan fingerprint density at radius 3 is 2.77 bits per heavy atom. The van der Waals surface area contributed by atoms with Gasteiger partial charge in [0, 0.05) is 18.7 Å². The van der Waals surface area contributed by atoms with Gasteiger partial charge in [-0.15, -0.1) is 0 Å². The number of hydrogen-bond donors (Lipinski definition) is 3. The Kier molecular flexibility index (Phi) is 4.16.